The van der Waals surface area contributed by atoms with Crippen LogP contribution in [0.3, 0.4) is 0 Å². The quantitative estimate of drug-likeness (QED) is 0.633. The molecule has 1 aromatic heterocycles. The van der Waals surface area contributed by atoms with Crippen LogP contribution in [0.25, 0.3) is 0 Å². The normalized spacial score (nSPS) is 11.8. The standard InChI is InChI=1S/C15H17N3O/c1-11-8-12(16)5-6-13(11)14(9-17-10-19)15-4-2-3-7-18-15/h2-8,10,14H,9,16H2,1H3,(H,17,19). The zero-order valence-electron chi connectivity index (χ0n) is 10.8. The first-order valence-electron chi connectivity index (χ1n) is 6.16. The Morgan fingerprint density at radius 3 is 2.84 bits per heavy atom. The van der Waals surface area contributed by atoms with E-state index in [1.54, 1.807) is 6.20 Å². The van der Waals surface area contributed by atoms with Crippen molar-refractivity contribution < 1.29 is 4.79 Å². The number of hydrogen-bond donors (Lipinski definition) is 2. The van der Waals surface area contributed by atoms with Crippen LogP contribution in [0, 0.1) is 6.92 Å². The number of aryl methyl sites for hydroxylation is 1. The average Bonchev–Trinajstić information content (AvgIpc) is 2.42. The van der Waals surface area contributed by atoms with Crippen molar-refractivity contribution in [3.63, 3.8) is 0 Å². The Morgan fingerprint density at radius 2 is 2.21 bits per heavy atom. The maximum atomic E-state index is 10.6. The largest absolute Gasteiger partial charge is 0.399 e. The van der Waals surface area contributed by atoms with Gasteiger partial charge in [0.15, 0.2) is 0 Å². The lowest BCUT2D eigenvalue weighted by atomic mass is 9.91. The van der Waals surface area contributed by atoms with Gasteiger partial charge in [-0.2, -0.15) is 0 Å². The molecule has 19 heavy (non-hydrogen) atoms. The fraction of sp³-hybridized carbons (Fsp3) is 0.200. The lowest BCUT2D eigenvalue weighted by molar-refractivity contribution is -0.109. The number of rotatable bonds is 5. The molecule has 0 saturated carbocycles. The van der Waals surface area contributed by atoms with Crippen LogP contribution >= 0.6 is 0 Å². The fourth-order valence-corrected chi connectivity index (χ4v) is 2.21. The van der Waals surface area contributed by atoms with Gasteiger partial charge in [-0.3, -0.25) is 9.78 Å². The fourth-order valence-electron chi connectivity index (χ4n) is 2.21. The number of aromatic nitrogens is 1. The van der Waals surface area contributed by atoms with Crippen LogP contribution in [0.1, 0.15) is 22.7 Å². The molecule has 1 amide bonds. The molecule has 0 fully saturated rings. The number of benzene rings is 1. The number of anilines is 1. The maximum Gasteiger partial charge on any atom is 0.207 e. The molecule has 4 nitrogen and oxygen atoms in total. The molecule has 2 rings (SSSR count). The van der Waals surface area contributed by atoms with Crippen molar-refractivity contribution in [1.29, 1.82) is 0 Å². The van der Waals surface area contributed by atoms with Gasteiger partial charge in [0.05, 0.1) is 0 Å². The summed E-state index contributed by atoms with van der Waals surface area (Å²) in [4.78, 5) is 14.9. The highest BCUT2D eigenvalue weighted by Gasteiger charge is 2.17. The van der Waals surface area contributed by atoms with Crippen molar-refractivity contribution in [2.45, 2.75) is 12.8 Å². The Morgan fingerprint density at radius 1 is 1.37 bits per heavy atom. The van der Waals surface area contributed by atoms with E-state index < -0.39 is 0 Å². The summed E-state index contributed by atoms with van der Waals surface area (Å²) in [7, 11) is 0. The van der Waals surface area contributed by atoms with E-state index in [9.17, 15) is 4.79 Å². The molecule has 0 saturated heterocycles. The van der Waals surface area contributed by atoms with Gasteiger partial charge in [0.25, 0.3) is 0 Å². The second kappa shape index (κ2) is 6.00. The number of nitrogens with one attached hydrogen (secondary N) is 1. The predicted octanol–water partition coefficient (Wildman–Crippen LogP) is 1.85. The third kappa shape index (κ3) is 3.10. The second-order valence-electron chi connectivity index (χ2n) is 4.45. The van der Waals surface area contributed by atoms with Gasteiger partial charge in [-0.25, -0.2) is 0 Å². The molecule has 0 radical (unpaired) electrons. The van der Waals surface area contributed by atoms with Gasteiger partial charge in [0, 0.05) is 30.0 Å². The Hall–Kier alpha value is -2.36. The number of nitrogen functional groups attached to an aromatic ring is 1. The summed E-state index contributed by atoms with van der Waals surface area (Å²) >= 11 is 0. The molecule has 98 valence electrons. The van der Waals surface area contributed by atoms with Gasteiger partial charge in [-0.15, -0.1) is 0 Å². The number of pyridine rings is 1. The molecule has 1 heterocycles. The van der Waals surface area contributed by atoms with Crippen molar-refractivity contribution in [1.82, 2.24) is 10.3 Å². The zero-order chi connectivity index (χ0) is 13.7. The highest BCUT2D eigenvalue weighted by molar-refractivity contribution is 5.49. The van der Waals surface area contributed by atoms with Crippen LogP contribution < -0.4 is 11.1 Å². The summed E-state index contributed by atoms with van der Waals surface area (Å²) in [5.41, 5.74) is 9.68. The Balaban J connectivity index is 2.39. The third-order valence-corrected chi connectivity index (χ3v) is 3.12. The number of carbonyl (C=O) groups is 1. The summed E-state index contributed by atoms with van der Waals surface area (Å²) in [6.07, 6.45) is 2.47. The highest BCUT2D eigenvalue weighted by atomic mass is 16.1. The van der Waals surface area contributed by atoms with E-state index in [-0.39, 0.29) is 5.92 Å². The van der Waals surface area contributed by atoms with Crippen LogP contribution in [0.4, 0.5) is 5.69 Å². The molecular formula is C15H17N3O. The van der Waals surface area contributed by atoms with Crippen molar-refractivity contribution >= 4 is 12.1 Å². The summed E-state index contributed by atoms with van der Waals surface area (Å²) in [6, 6.07) is 11.6. The molecule has 1 unspecified atom stereocenters. The van der Waals surface area contributed by atoms with Gasteiger partial charge >= 0.3 is 0 Å². The van der Waals surface area contributed by atoms with E-state index in [1.807, 2.05) is 43.3 Å². The summed E-state index contributed by atoms with van der Waals surface area (Å²) in [5.74, 6) is 0.0343. The van der Waals surface area contributed by atoms with E-state index in [1.165, 1.54) is 0 Å². The minimum atomic E-state index is 0.0343. The Bertz CT molecular complexity index is 555. The van der Waals surface area contributed by atoms with E-state index in [4.69, 9.17) is 5.73 Å². The third-order valence-electron chi connectivity index (χ3n) is 3.12. The molecule has 2 aromatic rings. The molecule has 0 aliphatic heterocycles. The SMILES string of the molecule is Cc1cc(N)ccc1C(CNC=O)c1ccccn1. The van der Waals surface area contributed by atoms with Crippen LogP contribution in [-0.4, -0.2) is 17.9 Å². The minimum absolute atomic E-state index is 0.0343. The molecule has 0 spiro atoms. The number of nitrogens with zero attached hydrogens (tertiary/aromatic N) is 1. The van der Waals surface area contributed by atoms with Gasteiger partial charge < -0.3 is 11.1 Å². The molecule has 0 aliphatic carbocycles. The number of hydrogen-bond acceptors (Lipinski definition) is 3. The lowest BCUT2D eigenvalue weighted by Crippen LogP contribution is -2.22. The van der Waals surface area contributed by atoms with Gasteiger partial charge in [0.1, 0.15) is 0 Å². The van der Waals surface area contributed by atoms with E-state index in [0.29, 0.717) is 13.0 Å². The molecule has 3 N–H and O–H groups in total. The van der Waals surface area contributed by atoms with Gasteiger partial charge in [-0.1, -0.05) is 12.1 Å². The lowest BCUT2D eigenvalue weighted by Gasteiger charge is -2.19. The van der Waals surface area contributed by atoms with Crippen molar-refractivity contribution in [3.8, 4) is 0 Å². The van der Waals surface area contributed by atoms with E-state index in [2.05, 4.69) is 10.3 Å². The second-order valence-corrected chi connectivity index (χ2v) is 4.45. The van der Waals surface area contributed by atoms with E-state index in [0.717, 1.165) is 22.5 Å². The minimum Gasteiger partial charge on any atom is -0.399 e. The topological polar surface area (TPSA) is 68.0 Å². The Labute approximate surface area is 112 Å². The zero-order valence-corrected chi connectivity index (χ0v) is 10.8. The van der Waals surface area contributed by atoms with Crippen molar-refractivity contribution in [2.75, 3.05) is 12.3 Å². The summed E-state index contributed by atoms with van der Waals surface area (Å²) in [5, 5.41) is 2.74. The first-order chi connectivity index (χ1) is 9.22. The van der Waals surface area contributed by atoms with E-state index >= 15 is 0 Å². The van der Waals surface area contributed by atoms with Crippen LogP contribution in [0.15, 0.2) is 42.6 Å². The number of nitrogens with two attached hydrogens (primary N) is 1. The maximum absolute atomic E-state index is 10.6. The van der Waals surface area contributed by atoms with Gasteiger partial charge in [-0.05, 0) is 42.3 Å². The van der Waals surface area contributed by atoms with Crippen LogP contribution in [0.2, 0.25) is 0 Å². The molecule has 1 aromatic carbocycles. The van der Waals surface area contributed by atoms with Crippen LogP contribution in [-0.2, 0) is 4.79 Å². The molecule has 0 bridgehead atoms. The van der Waals surface area contributed by atoms with Crippen LogP contribution in [0.5, 0.6) is 0 Å². The first-order valence-corrected chi connectivity index (χ1v) is 6.16. The predicted molar refractivity (Wildman–Crippen MR) is 75.7 cm³/mol. The summed E-state index contributed by atoms with van der Waals surface area (Å²) in [6.45, 7) is 2.54. The highest BCUT2D eigenvalue weighted by Crippen LogP contribution is 2.26. The first kappa shape index (κ1) is 13.1. The smallest absolute Gasteiger partial charge is 0.207 e. The average molecular weight is 255 g/mol. The number of carbonyl (C=O) groups excluding carboxylic acids is 1. The Kier molecular flexibility index (Phi) is 4.13. The molecule has 0 aliphatic rings. The summed E-state index contributed by atoms with van der Waals surface area (Å²) < 4.78 is 0. The monoisotopic (exact) mass is 255 g/mol. The van der Waals surface area contributed by atoms with Gasteiger partial charge in [0.2, 0.25) is 6.41 Å². The van der Waals surface area contributed by atoms with Crippen molar-refractivity contribution in [2.24, 2.45) is 0 Å². The molecule has 1 atom stereocenters. The molecular weight excluding hydrogens is 238 g/mol. The molecule has 4 heteroatoms. The van der Waals surface area contributed by atoms with Crippen molar-refractivity contribution in [3.05, 3.63) is 59.4 Å². The number of amides is 1.